The lowest BCUT2D eigenvalue weighted by atomic mass is 10.2. The number of aromatic nitrogens is 3. The molecule has 0 fully saturated rings. The number of thiazole rings is 1. The summed E-state index contributed by atoms with van der Waals surface area (Å²) in [4.78, 5) is 12.8. The maximum atomic E-state index is 5.64. The Morgan fingerprint density at radius 1 is 1.17 bits per heavy atom. The van der Waals surface area contributed by atoms with Gasteiger partial charge in [-0.2, -0.15) is 0 Å². The van der Waals surface area contributed by atoms with Crippen molar-refractivity contribution < 1.29 is 0 Å². The van der Waals surface area contributed by atoms with Crippen LogP contribution < -0.4 is 5.73 Å². The van der Waals surface area contributed by atoms with Gasteiger partial charge in [0.05, 0.1) is 10.9 Å². The molecule has 0 saturated heterocycles. The minimum absolute atomic E-state index is 0.532. The van der Waals surface area contributed by atoms with Gasteiger partial charge in [-0.25, -0.2) is 15.0 Å². The molecule has 0 atom stereocenters. The highest BCUT2D eigenvalue weighted by atomic mass is 32.2. The zero-order valence-electron chi connectivity index (χ0n) is 9.41. The van der Waals surface area contributed by atoms with E-state index in [0.717, 1.165) is 15.6 Å². The average molecular weight is 274 g/mol. The summed E-state index contributed by atoms with van der Waals surface area (Å²) in [6, 6.07) is 10.2. The summed E-state index contributed by atoms with van der Waals surface area (Å²) in [6.07, 6.45) is 1.78. The molecule has 2 heterocycles. The molecule has 2 aromatic heterocycles. The first-order valence-electron chi connectivity index (χ1n) is 5.37. The van der Waals surface area contributed by atoms with Gasteiger partial charge in [0.25, 0.3) is 0 Å². The Morgan fingerprint density at radius 3 is 2.83 bits per heavy atom. The molecule has 0 bridgehead atoms. The molecule has 0 saturated carbocycles. The molecular formula is C12H10N4S2. The standard InChI is InChI=1S/C12H10N4S2/c13-11-15-10-9(18-11)6-14-12(16-10)17-7-8-4-2-1-3-5-8/h1-6H,7H2,(H2,13,14,15,16). The highest BCUT2D eigenvalue weighted by Gasteiger charge is 2.05. The second-order valence-electron chi connectivity index (χ2n) is 3.67. The van der Waals surface area contributed by atoms with Gasteiger partial charge in [0.1, 0.15) is 0 Å². The molecule has 2 N–H and O–H groups in total. The topological polar surface area (TPSA) is 64.7 Å². The Hall–Kier alpha value is -1.66. The predicted molar refractivity (Wildman–Crippen MR) is 75.6 cm³/mol. The van der Waals surface area contributed by atoms with Crippen molar-refractivity contribution in [3.05, 3.63) is 42.1 Å². The molecule has 0 aliphatic heterocycles. The number of rotatable bonds is 3. The number of hydrogen-bond acceptors (Lipinski definition) is 6. The minimum Gasteiger partial charge on any atom is -0.375 e. The van der Waals surface area contributed by atoms with Crippen LogP contribution in [-0.2, 0) is 5.75 Å². The van der Waals surface area contributed by atoms with Gasteiger partial charge in [-0.15, -0.1) is 0 Å². The van der Waals surface area contributed by atoms with Crippen molar-refractivity contribution in [3.63, 3.8) is 0 Å². The van der Waals surface area contributed by atoms with Gasteiger partial charge < -0.3 is 5.73 Å². The monoisotopic (exact) mass is 274 g/mol. The van der Waals surface area contributed by atoms with Gasteiger partial charge >= 0.3 is 0 Å². The van der Waals surface area contributed by atoms with Crippen LogP contribution >= 0.6 is 23.1 Å². The summed E-state index contributed by atoms with van der Waals surface area (Å²) in [6.45, 7) is 0. The summed E-state index contributed by atoms with van der Waals surface area (Å²) in [5.41, 5.74) is 7.58. The highest BCUT2D eigenvalue weighted by Crippen LogP contribution is 2.25. The first-order chi connectivity index (χ1) is 8.81. The van der Waals surface area contributed by atoms with Gasteiger partial charge in [-0.1, -0.05) is 53.4 Å². The Morgan fingerprint density at radius 2 is 2.00 bits per heavy atom. The minimum atomic E-state index is 0.532. The van der Waals surface area contributed by atoms with E-state index in [2.05, 4.69) is 27.1 Å². The molecule has 6 heteroatoms. The Labute approximate surface area is 112 Å². The van der Waals surface area contributed by atoms with E-state index >= 15 is 0 Å². The molecule has 0 spiro atoms. The van der Waals surface area contributed by atoms with Crippen molar-refractivity contribution in [1.82, 2.24) is 15.0 Å². The van der Waals surface area contributed by atoms with Crippen LogP contribution in [0.1, 0.15) is 5.56 Å². The Kier molecular flexibility index (Phi) is 3.12. The van der Waals surface area contributed by atoms with E-state index < -0.39 is 0 Å². The van der Waals surface area contributed by atoms with E-state index in [1.54, 1.807) is 18.0 Å². The van der Waals surface area contributed by atoms with Gasteiger partial charge in [0, 0.05) is 5.75 Å². The SMILES string of the molecule is Nc1nc2nc(SCc3ccccc3)ncc2s1. The lowest BCUT2D eigenvalue weighted by molar-refractivity contribution is 0.995. The van der Waals surface area contributed by atoms with Crippen LogP contribution in [0.2, 0.25) is 0 Å². The van der Waals surface area contributed by atoms with E-state index in [9.17, 15) is 0 Å². The quantitative estimate of drug-likeness (QED) is 0.587. The molecule has 0 radical (unpaired) electrons. The van der Waals surface area contributed by atoms with Crippen molar-refractivity contribution >= 4 is 38.6 Å². The van der Waals surface area contributed by atoms with Crippen molar-refractivity contribution in [3.8, 4) is 0 Å². The first kappa shape index (κ1) is 11.4. The van der Waals surface area contributed by atoms with Crippen LogP contribution in [0.15, 0.2) is 41.7 Å². The molecule has 1 aromatic carbocycles. The number of anilines is 1. The lowest BCUT2D eigenvalue weighted by Gasteiger charge is -1.99. The number of thioether (sulfide) groups is 1. The second-order valence-corrected chi connectivity index (χ2v) is 5.67. The van der Waals surface area contributed by atoms with Crippen LogP contribution in [0.25, 0.3) is 10.3 Å². The number of hydrogen-bond donors (Lipinski definition) is 1. The number of benzene rings is 1. The average Bonchev–Trinajstić information content (AvgIpc) is 2.77. The van der Waals surface area contributed by atoms with Crippen molar-refractivity contribution in [1.29, 1.82) is 0 Å². The summed E-state index contributed by atoms with van der Waals surface area (Å²) in [5.74, 6) is 0.853. The molecule has 0 aliphatic rings. The van der Waals surface area contributed by atoms with Crippen LogP contribution in [0, 0.1) is 0 Å². The lowest BCUT2D eigenvalue weighted by Crippen LogP contribution is -1.88. The Bertz CT molecular complexity index is 666. The Balaban J connectivity index is 1.78. The molecule has 0 aliphatic carbocycles. The summed E-state index contributed by atoms with van der Waals surface area (Å²) in [7, 11) is 0. The van der Waals surface area contributed by atoms with Gasteiger partial charge in [0.15, 0.2) is 15.9 Å². The molecule has 4 nitrogen and oxygen atoms in total. The van der Waals surface area contributed by atoms with Crippen LogP contribution in [-0.4, -0.2) is 15.0 Å². The smallest absolute Gasteiger partial charge is 0.189 e. The summed E-state index contributed by atoms with van der Waals surface area (Å²) >= 11 is 3.01. The largest absolute Gasteiger partial charge is 0.375 e. The first-order valence-corrected chi connectivity index (χ1v) is 7.17. The van der Waals surface area contributed by atoms with Crippen molar-refractivity contribution in [2.24, 2.45) is 0 Å². The molecule has 18 heavy (non-hydrogen) atoms. The van der Waals surface area contributed by atoms with E-state index in [-0.39, 0.29) is 0 Å². The van der Waals surface area contributed by atoms with Crippen molar-refractivity contribution in [2.75, 3.05) is 5.73 Å². The zero-order chi connectivity index (χ0) is 12.4. The van der Waals surface area contributed by atoms with Crippen LogP contribution in [0.4, 0.5) is 5.13 Å². The predicted octanol–water partition coefficient (Wildman–Crippen LogP) is 2.96. The fraction of sp³-hybridized carbons (Fsp3) is 0.0833. The van der Waals surface area contributed by atoms with Crippen molar-refractivity contribution in [2.45, 2.75) is 10.9 Å². The molecule has 90 valence electrons. The molecule has 3 aromatic rings. The zero-order valence-corrected chi connectivity index (χ0v) is 11.0. The third-order valence-corrected chi connectivity index (χ3v) is 4.10. The van der Waals surface area contributed by atoms with E-state index in [1.165, 1.54) is 16.9 Å². The third-order valence-electron chi connectivity index (χ3n) is 2.36. The molecular weight excluding hydrogens is 264 g/mol. The maximum absolute atomic E-state index is 5.64. The van der Waals surface area contributed by atoms with Crippen LogP contribution in [0.3, 0.4) is 0 Å². The second kappa shape index (κ2) is 4.91. The maximum Gasteiger partial charge on any atom is 0.189 e. The highest BCUT2D eigenvalue weighted by molar-refractivity contribution is 7.98. The number of fused-ring (bicyclic) bond motifs is 1. The molecule has 0 amide bonds. The van der Waals surface area contributed by atoms with E-state index in [1.807, 2.05) is 18.2 Å². The third kappa shape index (κ3) is 2.44. The fourth-order valence-corrected chi connectivity index (χ4v) is 2.94. The number of nitrogens with two attached hydrogens (primary N) is 1. The van der Waals surface area contributed by atoms with Gasteiger partial charge in [0.2, 0.25) is 0 Å². The number of nitrogens with zero attached hydrogens (tertiary/aromatic N) is 3. The van der Waals surface area contributed by atoms with E-state index in [4.69, 9.17) is 5.73 Å². The fourth-order valence-electron chi connectivity index (χ4n) is 1.53. The number of nitrogen functional groups attached to an aromatic ring is 1. The van der Waals surface area contributed by atoms with Gasteiger partial charge in [-0.05, 0) is 5.56 Å². The van der Waals surface area contributed by atoms with Crippen LogP contribution in [0.5, 0.6) is 0 Å². The molecule has 3 rings (SSSR count). The summed E-state index contributed by atoms with van der Waals surface area (Å²) in [5, 5.41) is 1.26. The van der Waals surface area contributed by atoms with Gasteiger partial charge in [-0.3, -0.25) is 0 Å². The summed E-state index contributed by atoms with van der Waals surface area (Å²) < 4.78 is 0.927. The van der Waals surface area contributed by atoms with E-state index in [0.29, 0.717) is 10.8 Å². The normalized spacial score (nSPS) is 10.9. The molecule has 0 unspecified atom stereocenters.